The average Bonchev–Trinajstić information content (AvgIpc) is 2.56. The molecule has 1 aromatic rings. The van der Waals surface area contributed by atoms with Gasteiger partial charge in [-0.2, -0.15) is 0 Å². The first-order valence-corrected chi connectivity index (χ1v) is 6.99. The summed E-state index contributed by atoms with van der Waals surface area (Å²) in [5, 5.41) is 3.21. The van der Waals surface area contributed by atoms with Crippen LogP contribution in [0.4, 0.5) is 5.69 Å². The van der Waals surface area contributed by atoms with Crippen LogP contribution in [0, 0.1) is 0 Å². The van der Waals surface area contributed by atoms with Gasteiger partial charge in [-0.25, -0.2) is 11.7 Å². The van der Waals surface area contributed by atoms with Crippen molar-refractivity contribution in [3.8, 4) is 0 Å². The van der Waals surface area contributed by atoms with Crippen molar-refractivity contribution >= 4 is 29.1 Å². The summed E-state index contributed by atoms with van der Waals surface area (Å²) in [7, 11) is 0. The van der Waals surface area contributed by atoms with Crippen molar-refractivity contribution in [3.63, 3.8) is 0 Å². The molecule has 8 heteroatoms. The molecule has 0 fully saturated rings. The molecule has 0 unspecified atom stereocenters. The van der Waals surface area contributed by atoms with E-state index in [4.69, 9.17) is 23.3 Å². The van der Waals surface area contributed by atoms with E-state index in [2.05, 4.69) is 5.32 Å². The van der Waals surface area contributed by atoms with Gasteiger partial charge in [0.15, 0.2) is 6.04 Å². The zero-order chi connectivity index (χ0) is 16.8. The third-order valence-electron chi connectivity index (χ3n) is 1.96. The van der Waals surface area contributed by atoms with Crippen LogP contribution in [0.2, 0.25) is 5.02 Å². The second kappa shape index (κ2) is 13.2. The van der Waals surface area contributed by atoms with E-state index in [0.717, 1.165) is 0 Å². The van der Waals surface area contributed by atoms with Crippen LogP contribution in [-0.2, 0) is 9.59 Å². The van der Waals surface area contributed by atoms with E-state index >= 15 is 0 Å². The highest BCUT2D eigenvalue weighted by atomic mass is 35.5. The normalized spacial score (nSPS) is 8.57. The lowest BCUT2D eigenvalue weighted by molar-refractivity contribution is -0.130. The number of carbonyl (C=O) groups is 2. The van der Waals surface area contributed by atoms with Gasteiger partial charge < -0.3 is 5.32 Å². The minimum absolute atomic E-state index is 0.534. The van der Waals surface area contributed by atoms with E-state index in [1.807, 2.05) is 38.5 Å². The van der Waals surface area contributed by atoms with Crippen LogP contribution in [0.1, 0.15) is 27.7 Å². The molecule has 0 radical (unpaired) electrons. The van der Waals surface area contributed by atoms with Crippen molar-refractivity contribution in [1.29, 1.82) is 0 Å². The number of nitrogens with two attached hydrogens (primary N) is 2. The summed E-state index contributed by atoms with van der Waals surface area (Å²) >= 11 is 5.70. The summed E-state index contributed by atoms with van der Waals surface area (Å²) in [5.74, 6) is 8.51. The Hall–Kier alpha value is -1.83. The van der Waals surface area contributed by atoms with Crippen molar-refractivity contribution in [2.75, 3.05) is 5.32 Å². The molecule has 7 nitrogen and oxygen atoms in total. The highest BCUT2D eigenvalue weighted by molar-refractivity contribution is 6.30. The molecular formula is C13H24ClN5O2. The second-order valence-electron chi connectivity index (χ2n) is 3.10. The van der Waals surface area contributed by atoms with Crippen molar-refractivity contribution < 1.29 is 9.59 Å². The molecule has 120 valence electrons. The SMILES string of the molecule is CC.CC.NNC(=O)C(Nc1ccc(Cl)cc1)C(=O)NN. The third kappa shape index (κ3) is 8.13. The Kier molecular flexibility index (Phi) is 13.5. The van der Waals surface area contributed by atoms with Gasteiger partial charge in [0, 0.05) is 10.7 Å². The maximum absolute atomic E-state index is 11.3. The molecule has 7 N–H and O–H groups in total. The quantitative estimate of drug-likeness (QED) is 0.247. The maximum atomic E-state index is 11.3. The predicted molar refractivity (Wildman–Crippen MR) is 86.2 cm³/mol. The number of carbonyl (C=O) groups excluding carboxylic acids is 2. The van der Waals surface area contributed by atoms with Gasteiger partial charge in [0.2, 0.25) is 0 Å². The average molecular weight is 318 g/mol. The van der Waals surface area contributed by atoms with Crippen LogP contribution in [0.15, 0.2) is 24.3 Å². The van der Waals surface area contributed by atoms with Crippen molar-refractivity contribution in [3.05, 3.63) is 29.3 Å². The number of rotatable bonds is 4. The number of hydrazine groups is 2. The molecule has 0 saturated heterocycles. The second-order valence-corrected chi connectivity index (χ2v) is 3.54. The first-order chi connectivity index (χ1) is 10.1. The summed E-state index contributed by atoms with van der Waals surface area (Å²) in [6, 6.07) is 5.24. The Bertz CT molecular complexity index is 396. The van der Waals surface area contributed by atoms with E-state index in [9.17, 15) is 9.59 Å². The Morgan fingerprint density at radius 3 is 1.67 bits per heavy atom. The van der Waals surface area contributed by atoms with Crippen molar-refractivity contribution in [2.24, 2.45) is 11.7 Å². The first-order valence-electron chi connectivity index (χ1n) is 6.61. The summed E-state index contributed by atoms with van der Waals surface area (Å²) in [5.41, 5.74) is 4.27. The van der Waals surface area contributed by atoms with Crippen LogP contribution >= 0.6 is 11.6 Å². The van der Waals surface area contributed by atoms with Crippen molar-refractivity contribution in [1.82, 2.24) is 10.9 Å². The molecular weight excluding hydrogens is 294 g/mol. The van der Waals surface area contributed by atoms with Crippen molar-refractivity contribution in [2.45, 2.75) is 33.7 Å². The molecule has 0 atom stereocenters. The summed E-state index contributed by atoms with van der Waals surface area (Å²) in [4.78, 5) is 22.7. The largest absolute Gasteiger partial charge is 0.366 e. The molecule has 0 saturated carbocycles. The molecule has 2 amide bonds. The molecule has 0 aliphatic carbocycles. The van der Waals surface area contributed by atoms with E-state index in [1.54, 1.807) is 24.3 Å². The Labute approximate surface area is 130 Å². The highest BCUT2D eigenvalue weighted by Crippen LogP contribution is 2.14. The number of hydrogen-bond acceptors (Lipinski definition) is 5. The molecule has 1 rings (SSSR count). The number of amides is 2. The van der Waals surface area contributed by atoms with Gasteiger partial charge in [0.1, 0.15) is 0 Å². The number of hydrogen-bond donors (Lipinski definition) is 5. The molecule has 0 bridgehead atoms. The molecule has 21 heavy (non-hydrogen) atoms. The summed E-state index contributed by atoms with van der Waals surface area (Å²) in [6.07, 6.45) is 0. The summed E-state index contributed by atoms with van der Waals surface area (Å²) in [6.45, 7) is 8.00. The van der Waals surface area contributed by atoms with Gasteiger partial charge in [0.05, 0.1) is 0 Å². The molecule has 0 aliphatic heterocycles. The first kappa shape index (κ1) is 21.5. The highest BCUT2D eigenvalue weighted by Gasteiger charge is 2.25. The smallest absolute Gasteiger partial charge is 0.266 e. The van der Waals surface area contributed by atoms with Crippen LogP contribution in [-0.4, -0.2) is 17.9 Å². The van der Waals surface area contributed by atoms with Gasteiger partial charge in [-0.3, -0.25) is 20.4 Å². The van der Waals surface area contributed by atoms with E-state index in [0.29, 0.717) is 10.7 Å². The van der Waals surface area contributed by atoms with Gasteiger partial charge in [-0.15, -0.1) is 0 Å². The number of halogens is 1. The fourth-order valence-corrected chi connectivity index (χ4v) is 1.26. The van der Waals surface area contributed by atoms with E-state index in [1.165, 1.54) is 0 Å². The third-order valence-corrected chi connectivity index (χ3v) is 2.22. The Morgan fingerprint density at radius 2 is 1.33 bits per heavy atom. The Balaban J connectivity index is 0. The van der Waals surface area contributed by atoms with Gasteiger partial charge in [-0.05, 0) is 24.3 Å². The molecule has 0 heterocycles. The van der Waals surface area contributed by atoms with Crippen LogP contribution in [0.5, 0.6) is 0 Å². The number of anilines is 1. The fourth-order valence-electron chi connectivity index (χ4n) is 1.13. The Morgan fingerprint density at radius 1 is 0.952 bits per heavy atom. The monoisotopic (exact) mass is 317 g/mol. The molecule has 1 aromatic carbocycles. The number of nitrogens with one attached hydrogen (secondary N) is 3. The molecule has 0 spiro atoms. The predicted octanol–water partition coefficient (Wildman–Crippen LogP) is 1.15. The van der Waals surface area contributed by atoms with Gasteiger partial charge in [-0.1, -0.05) is 39.3 Å². The number of benzene rings is 1. The zero-order valence-corrected chi connectivity index (χ0v) is 13.5. The van der Waals surface area contributed by atoms with Gasteiger partial charge in [0.25, 0.3) is 11.8 Å². The fraction of sp³-hybridized carbons (Fsp3) is 0.385. The molecule has 0 aromatic heterocycles. The van der Waals surface area contributed by atoms with Crippen LogP contribution < -0.4 is 27.9 Å². The van der Waals surface area contributed by atoms with Crippen LogP contribution in [0.25, 0.3) is 0 Å². The lowest BCUT2D eigenvalue weighted by atomic mass is 10.2. The maximum Gasteiger partial charge on any atom is 0.266 e. The molecule has 0 aliphatic rings. The summed E-state index contributed by atoms with van der Waals surface area (Å²) < 4.78 is 0. The lowest BCUT2D eigenvalue weighted by Crippen LogP contribution is -2.53. The van der Waals surface area contributed by atoms with Crippen LogP contribution in [0.3, 0.4) is 0 Å². The minimum atomic E-state index is -1.22. The van der Waals surface area contributed by atoms with E-state index < -0.39 is 17.9 Å². The zero-order valence-electron chi connectivity index (χ0n) is 12.7. The van der Waals surface area contributed by atoms with E-state index in [-0.39, 0.29) is 0 Å². The minimum Gasteiger partial charge on any atom is -0.366 e. The van der Waals surface area contributed by atoms with Gasteiger partial charge >= 0.3 is 0 Å². The standard InChI is InChI=1S/C9H12ClN5O2.2C2H6/c10-5-1-3-6(4-2-5)13-7(8(16)14-11)9(17)15-12;2*1-2/h1-4,7,13H,11-12H2,(H,14,16)(H,15,17);2*1-2H3. The topological polar surface area (TPSA) is 122 Å². The lowest BCUT2D eigenvalue weighted by Gasteiger charge is -2.16.